The van der Waals surface area contributed by atoms with E-state index in [9.17, 15) is 9.59 Å². The second kappa shape index (κ2) is 3.11. The second-order valence-electron chi connectivity index (χ2n) is 1.30. The predicted octanol–water partition coefficient (Wildman–Crippen LogP) is 0.0389. The molecule has 3 heteroatoms. The van der Waals surface area contributed by atoms with Gasteiger partial charge in [-0.2, -0.15) is 0 Å². The van der Waals surface area contributed by atoms with Gasteiger partial charge in [0.25, 0.3) is 0 Å². The van der Waals surface area contributed by atoms with E-state index in [1.807, 2.05) is 0 Å². The number of Topliss-reactive ketones (excluding diaryl/α,β-unsaturated/α-hetero) is 1. The summed E-state index contributed by atoms with van der Waals surface area (Å²) in [5.41, 5.74) is 0. The van der Waals surface area contributed by atoms with Gasteiger partial charge < -0.3 is 0 Å². The Kier molecular flexibility index (Phi) is 3.13. The summed E-state index contributed by atoms with van der Waals surface area (Å²) in [5, 5.41) is 0. The van der Waals surface area contributed by atoms with Gasteiger partial charge in [0.15, 0.2) is 0 Å². The molecule has 0 atom stereocenters. The Hall–Kier alpha value is 0.0543. The fourth-order valence-corrected chi connectivity index (χ4v) is 0.615. The third kappa shape index (κ3) is 6.05. The zero-order valence-corrected chi connectivity index (χ0v) is 5.59. The molecule has 0 aromatic rings. The first kappa shape index (κ1) is 7.05. The number of carbonyl (C=O) groups excluding carboxylic acids is 2. The van der Waals surface area contributed by atoms with Crippen LogP contribution in [0.15, 0.2) is 0 Å². The van der Waals surface area contributed by atoms with E-state index in [-0.39, 0.29) is 16.3 Å². The van der Waals surface area contributed by atoms with Crippen LogP contribution in [-0.2, 0) is 30.0 Å². The molecule has 0 unspecified atom stereocenters. The van der Waals surface area contributed by atoms with Crippen molar-refractivity contribution in [3.05, 3.63) is 0 Å². The molecule has 0 heterocycles. The number of carbonyl (C=O) groups is 2. The molecule has 37 valence electrons. The van der Waals surface area contributed by atoms with Crippen LogP contribution in [0, 0.1) is 0 Å². The van der Waals surface area contributed by atoms with E-state index >= 15 is 0 Å². The van der Waals surface area contributed by atoms with Crippen LogP contribution in [0.5, 0.6) is 0 Å². The van der Waals surface area contributed by atoms with Gasteiger partial charge in [0.1, 0.15) is 0 Å². The van der Waals surface area contributed by atoms with E-state index in [0.29, 0.717) is 0 Å². The minimum absolute atomic E-state index is 0.0625. The Balaban J connectivity index is 3.32. The molecule has 0 rings (SSSR count). The average Bonchev–Trinajstić information content (AvgIpc) is 1.27. The first-order chi connectivity index (χ1) is 3.13. The van der Waals surface area contributed by atoms with Crippen LogP contribution in [-0.4, -0.2) is 9.87 Å². The molecule has 0 bridgehead atoms. The average molecular weight is 133 g/mol. The Morgan fingerprint density at radius 2 is 2.00 bits per heavy atom. The minimum atomic E-state index is -0.0625. The molecule has 0 saturated carbocycles. The summed E-state index contributed by atoms with van der Waals surface area (Å²) < 4.78 is -0.0625. The summed E-state index contributed by atoms with van der Waals surface area (Å²) >= 11 is 1.40. The maximum absolute atomic E-state index is 10.0. The van der Waals surface area contributed by atoms with Crippen molar-refractivity contribution in [2.24, 2.45) is 0 Å². The van der Waals surface area contributed by atoms with Crippen molar-refractivity contribution in [2.45, 2.75) is 13.3 Å². The quantitative estimate of drug-likeness (QED) is 0.393. The molecular formula is C4H5O2Ti. The molecule has 0 N–H and O–H groups in total. The van der Waals surface area contributed by atoms with Crippen LogP contribution in [0.1, 0.15) is 13.3 Å². The van der Waals surface area contributed by atoms with Gasteiger partial charge in [-0.25, -0.2) is 0 Å². The Morgan fingerprint density at radius 3 is 2.00 bits per heavy atom. The standard InChI is InChI=1S/C4H5O2.Ti/c1-4(6)2-3-5;/h2H2,1H3;. The van der Waals surface area contributed by atoms with Crippen LogP contribution >= 0.6 is 0 Å². The van der Waals surface area contributed by atoms with Gasteiger partial charge >= 0.3 is 53.2 Å². The zero-order valence-electron chi connectivity index (χ0n) is 4.02. The van der Waals surface area contributed by atoms with Gasteiger partial charge in [0, 0.05) is 0 Å². The Bertz CT molecular complexity index is 85.9. The number of rotatable bonds is 2. The summed E-state index contributed by atoms with van der Waals surface area (Å²) in [6.45, 7) is 1.40. The molecule has 0 aliphatic carbocycles. The fourth-order valence-electron chi connectivity index (χ4n) is 0.226. The summed E-state index contributed by atoms with van der Waals surface area (Å²) in [7, 11) is 0. The molecule has 0 aliphatic heterocycles. The maximum atomic E-state index is 10.0. The van der Waals surface area contributed by atoms with Crippen molar-refractivity contribution >= 4 is 9.87 Å². The summed E-state index contributed by atoms with van der Waals surface area (Å²) in [6.07, 6.45) is 0.0833. The van der Waals surface area contributed by atoms with Crippen LogP contribution in [0.2, 0.25) is 0 Å². The van der Waals surface area contributed by atoms with Crippen molar-refractivity contribution in [3.8, 4) is 0 Å². The van der Waals surface area contributed by atoms with Crippen molar-refractivity contribution in [2.75, 3.05) is 0 Å². The van der Waals surface area contributed by atoms with Crippen molar-refractivity contribution in [3.63, 3.8) is 0 Å². The van der Waals surface area contributed by atoms with E-state index < -0.39 is 0 Å². The van der Waals surface area contributed by atoms with Gasteiger partial charge in [-0.3, -0.25) is 0 Å². The molecule has 0 aromatic heterocycles. The van der Waals surface area contributed by atoms with Gasteiger partial charge in [0.2, 0.25) is 0 Å². The molecule has 0 aliphatic rings. The van der Waals surface area contributed by atoms with Crippen LogP contribution in [0.4, 0.5) is 0 Å². The van der Waals surface area contributed by atoms with Crippen LogP contribution in [0.3, 0.4) is 0 Å². The Labute approximate surface area is 53.7 Å². The van der Waals surface area contributed by atoms with Gasteiger partial charge in [0.05, 0.1) is 0 Å². The van der Waals surface area contributed by atoms with E-state index in [0.717, 1.165) is 0 Å². The number of hydrogen-bond donors (Lipinski definition) is 0. The van der Waals surface area contributed by atoms with E-state index in [2.05, 4.69) is 0 Å². The second-order valence-corrected chi connectivity index (χ2v) is 2.17. The van der Waals surface area contributed by atoms with Crippen LogP contribution in [0.25, 0.3) is 0 Å². The topological polar surface area (TPSA) is 34.1 Å². The Morgan fingerprint density at radius 1 is 1.57 bits per heavy atom. The number of ketones is 1. The fraction of sp³-hybridized carbons (Fsp3) is 0.500. The van der Waals surface area contributed by atoms with Gasteiger partial charge in [-0.15, -0.1) is 0 Å². The van der Waals surface area contributed by atoms with Gasteiger partial charge in [-0.05, 0) is 0 Å². The molecule has 2 nitrogen and oxygen atoms in total. The molecule has 0 spiro atoms. The van der Waals surface area contributed by atoms with E-state index in [1.165, 1.54) is 27.4 Å². The van der Waals surface area contributed by atoms with Gasteiger partial charge in [-0.1, -0.05) is 0 Å². The molecule has 0 amide bonds. The van der Waals surface area contributed by atoms with E-state index in [1.54, 1.807) is 0 Å². The molecule has 0 fully saturated rings. The summed E-state index contributed by atoms with van der Waals surface area (Å²) in [6, 6.07) is 0. The summed E-state index contributed by atoms with van der Waals surface area (Å²) in [5.74, 6) is -0.0625. The molecule has 7 heavy (non-hydrogen) atoms. The first-order valence-electron chi connectivity index (χ1n) is 1.87. The zero-order chi connectivity index (χ0) is 5.86. The normalized spacial score (nSPS) is 8.00. The van der Waals surface area contributed by atoms with Crippen LogP contribution < -0.4 is 0 Å². The first-order valence-corrected chi connectivity index (χ1v) is 2.65. The molecule has 0 saturated heterocycles. The predicted molar refractivity (Wildman–Crippen MR) is 20.3 cm³/mol. The van der Waals surface area contributed by atoms with Crippen molar-refractivity contribution < 1.29 is 30.0 Å². The summed E-state index contributed by atoms with van der Waals surface area (Å²) in [4.78, 5) is 20.1. The SMILES string of the molecule is CC(=O)C[C](=O)[Ti]. The van der Waals surface area contributed by atoms with E-state index in [4.69, 9.17) is 0 Å². The van der Waals surface area contributed by atoms with Crippen molar-refractivity contribution in [1.82, 2.24) is 0 Å². The monoisotopic (exact) mass is 133 g/mol. The van der Waals surface area contributed by atoms with Crippen molar-refractivity contribution in [1.29, 1.82) is 0 Å². The number of hydrogen-bond acceptors (Lipinski definition) is 2. The molecular weight excluding hydrogens is 128 g/mol. The third-order valence-electron chi connectivity index (χ3n) is 0.410. The third-order valence-corrected chi connectivity index (χ3v) is 0.686. The molecule has 0 radical (unpaired) electrons. The molecule has 0 aromatic carbocycles.